The Balaban J connectivity index is 1.38. The molecule has 0 aliphatic carbocycles. The van der Waals surface area contributed by atoms with E-state index in [4.69, 9.17) is 0 Å². The highest BCUT2D eigenvalue weighted by atomic mass is 32.1. The largest absolute Gasteiger partial charge is 0.309 e. The van der Waals surface area contributed by atoms with Crippen molar-refractivity contribution in [1.82, 2.24) is 9.13 Å². The van der Waals surface area contributed by atoms with Crippen LogP contribution in [0.4, 0.5) is 0 Å². The van der Waals surface area contributed by atoms with E-state index in [0.29, 0.717) is 0 Å². The Labute approximate surface area is 261 Å². The Morgan fingerprint density at radius 1 is 0.455 bits per heavy atom. The standard InChI is InChI=1S/C40H32N2SSi/c1-25-13-15-26(16-14-25)41-33-11-7-5-9-31(33)37-35(41)23-21-29-30-22-24-36-38(40(30)43-39(29)37)32-10-6-8-12-34(32)42(36)27-17-19-28(20-18-27)44(2,3)4/h5-24H,1-4H3. The van der Waals surface area contributed by atoms with Gasteiger partial charge in [0.2, 0.25) is 0 Å². The van der Waals surface area contributed by atoms with Gasteiger partial charge in [0.05, 0.1) is 30.1 Å². The minimum Gasteiger partial charge on any atom is -0.309 e. The number of hydrogen-bond donors (Lipinski definition) is 0. The number of rotatable bonds is 3. The highest BCUT2D eigenvalue weighted by Crippen LogP contribution is 2.47. The maximum Gasteiger partial charge on any atom is 0.0775 e. The third kappa shape index (κ3) is 3.59. The summed E-state index contributed by atoms with van der Waals surface area (Å²) >= 11 is 1.95. The first-order valence-corrected chi connectivity index (χ1v) is 19.7. The lowest BCUT2D eigenvalue weighted by Gasteiger charge is -2.17. The van der Waals surface area contributed by atoms with E-state index >= 15 is 0 Å². The van der Waals surface area contributed by atoms with Gasteiger partial charge in [0.25, 0.3) is 0 Å². The van der Waals surface area contributed by atoms with E-state index in [2.05, 4.69) is 157 Å². The molecule has 0 N–H and O–H groups in total. The predicted octanol–water partition coefficient (Wildman–Crippen LogP) is 11.1. The summed E-state index contributed by atoms with van der Waals surface area (Å²) < 4.78 is 7.62. The molecule has 0 aliphatic rings. The highest BCUT2D eigenvalue weighted by Gasteiger charge is 2.22. The Morgan fingerprint density at radius 2 is 0.909 bits per heavy atom. The van der Waals surface area contributed by atoms with Crippen molar-refractivity contribution in [3.63, 3.8) is 0 Å². The molecular weight excluding hydrogens is 569 g/mol. The van der Waals surface area contributed by atoms with Gasteiger partial charge < -0.3 is 9.13 Å². The van der Waals surface area contributed by atoms with Crippen molar-refractivity contribution in [1.29, 1.82) is 0 Å². The maximum atomic E-state index is 2.46. The molecule has 0 atom stereocenters. The molecule has 0 saturated carbocycles. The van der Waals surface area contributed by atoms with E-state index in [0.717, 1.165) is 0 Å². The molecule has 0 saturated heterocycles. The van der Waals surface area contributed by atoms with Gasteiger partial charge >= 0.3 is 0 Å². The summed E-state index contributed by atoms with van der Waals surface area (Å²) in [5.74, 6) is 0. The van der Waals surface area contributed by atoms with Crippen LogP contribution in [0.3, 0.4) is 0 Å². The van der Waals surface area contributed by atoms with Gasteiger partial charge in [0.15, 0.2) is 0 Å². The molecule has 3 heterocycles. The van der Waals surface area contributed by atoms with Gasteiger partial charge in [-0.25, -0.2) is 0 Å². The molecule has 9 rings (SSSR count). The van der Waals surface area contributed by atoms with Crippen LogP contribution in [-0.4, -0.2) is 17.2 Å². The monoisotopic (exact) mass is 600 g/mol. The fourth-order valence-electron chi connectivity index (χ4n) is 7.16. The molecule has 0 spiro atoms. The van der Waals surface area contributed by atoms with E-state index in [1.54, 1.807) is 0 Å². The van der Waals surface area contributed by atoms with Crippen molar-refractivity contribution in [3.8, 4) is 11.4 Å². The van der Waals surface area contributed by atoms with Crippen LogP contribution >= 0.6 is 11.3 Å². The maximum absolute atomic E-state index is 2.46. The Bertz CT molecular complexity index is 2570. The minimum absolute atomic E-state index is 1.20. The third-order valence-electron chi connectivity index (χ3n) is 9.36. The normalized spacial score (nSPS) is 12.5. The van der Waals surface area contributed by atoms with Crippen molar-refractivity contribution < 1.29 is 0 Å². The Hall–Kier alpha value is -4.64. The molecule has 0 radical (unpaired) electrons. The topological polar surface area (TPSA) is 9.86 Å². The summed E-state index contributed by atoms with van der Waals surface area (Å²) in [6, 6.07) is 45.4. The molecule has 0 fully saturated rings. The molecule has 0 unspecified atom stereocenters. The number of aryl methyl sites for hydroxylation is 1. The van der Waals surface area contributed by atoms with Gasteiger partial charge in [-0.05, 0) is 55.5 Å². The molecule has 0 aliphatic heterocycles. The second-order valence-corrected chi connectivity index (χ2v) is 19.2. The molecule has 3 aromatic heterocycles. The van der Waals surface area contributed by atoms with Gasteiger partial charge in [-0.1, -0.05) is 103 Å². The van der Waals surface area contributed by atoms with Crippen LogP contribution in [0.2, 0.25) is 19.6 Å². The van der Waals surface area contributed by atoms with Crippen LogP contribution in [0.25, 0.3) is 75.2 Å². The van der Waals surface area contributed by atoms with Gasteiger partial charge in [0, 0.05) is 53.1 Å². The molecule has 6 aromatic carbocycles. The van der Waals surface area contributed by atoms with Crippen LogP contribution in [-0.2, 0) is 0 Å². The number of fused-ring (bicyclic) bond motifs is 11. The molecule has 0 bridgehead atoms. The Kier molecular flexibility index (Phi) is 5.39. The van der Waals surface area contributed by atoms with Gasteiger partial charge in [-0.3, -0.25) is 0 Å². The van der Waals surface area contributed by atoms with E-state index in [1.807, 2.05) is 11.3 Å². The number of para-hydroxylation sites is 2. The summed E-state index contributed by atoms with van der Waals surface area (Å²) in [7, 11) is -1.38. The van der Waals surface area contributed by atoms with Crippen molar-refractivity contribution >= 4 is 88.4 Å². The lowest BCUT2D eigenvalue weighted by atomic mass is 10.1. The van der Waals surface area contributed by atoms with Crippen molar-refractivity contribution in [3.05, 3.63) is 127 Å². The average Bonchev–Trinajstić information content (AvgIpc) is 3.68. The number of aromatic nitrogens is 2. The second-order valence-electron chi connectivity index (χ2n) is 13.1. The van der Waals surface area contributed by atoms with E-state index in [1.165, 1.54) is 85.9 Å². The number of thiophene rings is 1. The van der Waals surface area contributed by atoms with Gasteiger partial charge in [0.1, 0.15) is 0 Å². The van der Waals surface area contributed by atoms with E-state index < -0.39 is 8.07 Å². The van der Waals surface area contributed by atoms with E-state index in [9.17, 15) is 0 Å². The highest BCUT2D eigenvalue weighted by molar-refractivity contribution is 7.27. The first kappa shape index (κ1) is 25.8. The lowest BCUT2D eigenvalue weighted by molar-refractivity contribution is 1.18. The summed E-state index contributed by atoms with van der Waals surface area (Å²) in [4.78, 5) is 0. The third-order valence-corrected chi connectivity index (χ3v) is 12.7. The fourth-order valence-corrected chi connectivity index (χ4v) is 9.74. The van der Waals surface area contributed by atoms with Crippen LogP contribution in [0, 0.1) is 6.92 Å². The van der Waals surface area contributed by atoms with Crippen molar-refractivity contribution in [2.45, 2.75) is 26.6 Å². The molecule has 44 heavy (non-hydrogen) atoms. The first-order valence-electron chi connectivity index (χ1n) is 15.4. The summed E-state index contributed by atoms with van der Waals surface area (Å²) in [5.41, 5.74) is 8.74. The van der Waals surface area contributed by atoms with Crippen LogP contribution in [0.5, 0.6) is 0 Å². The lowest BCUT2D eigenvalue weighted by Crippen LogP contribution is -2.37. The Morgan fingerprint density at radius 3 is 1.39 bits per heavy atom. The SMILES string of the molecule is Cc1ccc(-n2c3ccccc3c3c4sc5c(ccc6c5c5ccccc5n6-c5ccc([Si](C)(C)C)cc5)c4ccc32)cc1. The van der Waals surface area contributed by atoms with Crippen LogP contribution < -0.4 is 5.19 Å². The molecule has 9 aromatic rings. The molecule has 4 heteroatoms. The quantitative estimate of drug-likeness (QED) is 0.179. The van der Waals surface area contributed by atoms with Crippen molar-refractivity contribution in [2.75, 3.05) is 0 Å². The minimum atomic E-state index is -1.38. The zero-order chi connectivity index (χ0) is 29.7. The molecule has 0 amide bonds. The molecular formula is C40H32N2SSi. The smallest absolute Gasteiger partial charge is 0.0775 e. The van der Waals surface area contributed by atoms with Crippen molar-refractivity contribution in [2.24, 2.45) is 0 Å². The summed E-state index contributed by atoms with van der Waals surface area (Å²) in [6.07, 6.45) is 0. The van der Waals surface area contributed by atoms with Crippen LogP contribution in [0.1, 0.15) is 5.56 Å². The fraction of sp³-hybridized carbons (Fsp3) is 0.100. The number of hydrogen-bond acceptors (Lipinski definition) is 1. The average molecular weight is 601 g/mol. The molecule has 212 valence electrons. The van der Waals surface area contributed by atoms with Crippen LogP contribution in [0.15, 0.2) is 121 Å². The molecule has 2 nitrogen and oxygen atoms in total. The first-order chi connectivity index (χ1) is 21.4. The zero-order valence-electron chi connectivity index (χ0n) is 25.3. The van der Waals surface area contributed by atoms with Gasteiger partial charge in [-0.2, -0.15) is 0 Å². The predicted molar refractivity (Wildman–Crippen MR) is 196 cm³/mol. The second kappa shape index (κ2) is 9.18. The summed E-state index contributed by atoms with van der Waals surface area (Å²) in [6.45, 7) is 9.39. The number of benzene rings is 6. The van der Waals surface area contributed by atoms with E-state index in [-0.39, 0.29) is 0 Å². The number of nitrogens with zero attached hydrogens (tertiary/aromatic N) is 2. The zero-order valence-corrected chi connectivity index (χ0v) is 27.2. The summed E-state index contributed by atoms with van der Waals surface area (Å²) in [5, 5.41) is 9.48. The van der Waals surface area contributed by atoms with Gasteiger partial charge in [-0.15, -0.1) is 11.3 Å².